The molecular formula is C16H22ClNO4. The molecular weight excluding hydrogens is 306 g/mol. The smallest absolute Gasteiger partial charge is 0.305 e. The Hall–Kier alpha value is -1.75. The third-order valence-electron chi connectivity index (χ3n) is 2.88. The van der Waals surface area contributed by atoms with Gasteiger partial charge in [-0.05, 0) is 51.5 Å². The Morgan fingerprint density at radius 3 is 2.45 bits per heavy atom. The van der Waals surface area contributed by atoms with Crippen LogP contribution in [0.2, 0.25) is 5.02 Å². The summed E-state index contributed by atoms with van der Waals surface area (Å²) in [5, 5.41) is 3.36. The lowest BCUT2D eigenvalue weighted by Crippen LogP contribution is -2.46. The Kier molecular flexibility index (Phi) is 7.18. The molecule has 5 nitrogen and oxygen atoms in total. The van der Waals surface area contributed by atoms with Gasteiger partial charge >= 0.3 is 5.97 Å². The molecule has 1 aromatic rings. The van der Waals surface area contributed by atoms with E-state index in [1.807, 2.05) is 0 Å². The van der Waals surface area contributed by atoms with Crippen LogP contribution >= 0.6 is 11.6 Å². The average molecular weight is 328 g/mol. The number of amides is 1. The van der Waals surface area contributed by atoms with Gasteiger partial charge in [0.1, 0.15) is 5.75 Å². The van der Waals surface area contributed by atoms with E-state index in [1.54, 1.807) is 45.0 Å². The molecule has 0 bridgehead atoms. The fourth-order valence-corrected chi connectivity index (χ4v) is 1.85. The Morgan fingerprint density at radius 1 is 1.23 bits per heavy atom. The number of hydrogen-bond donors (Lipinski definition) is 1. The normalized spacial score (nSPS) is 10.9. The maximum atomic E-state index is 12.1. The minimum absolute atomic E-state index is 0.244. The predicted molar refractivity (Wildman–Crippen MR) is 85.0 cm³/mol. The highest BCUT2D eigenvalue weighted by Gasteiger charge is 2.29. The summed E-state index contributed by atoms with van der Waals surface area (Å²) in [6.45, 7) is 5.89. The number of carbonyl (C=O) groups excluding carboxylic acids is 2. The van der Waals surface area contributed by atoms with Crippen LogP contribution in [0.3, 0.4) is 0 Å². The molecule has 122 valence electrons. The predicted octanol–water partition coefficient (Wildman–Crippen LogP) is 2.96. The molecule has 1 aromatic carbocycles. The van der Waals surface area contributed by atoms with E-state index in [0.717, 1.165) is 0 Å². The van der Waals surface area contributed by atoms with Gasteiger partial charge < -0.3 is 14.8 Å². The Morgan fingerprint density at radius 2 is 1.86 bits per heavy atom. The molecule has 1 rings (SSSR count). The molecule has 0 saturated heterocycles. The third-order valence-corrected chi connectivity index (χ3v) is 3.13. The van der Waals surface area contributed by atoms with Gasteiger partial charge in [0.15, 0.2) is 5.60 Å². The Balaban J connectivity index is 2.39. The van der Waals surface area contributed by atoms with Gasteiger partial charge in [-0.25, -0.2) is 0 Å². The quantitative estimate of drug-likeness (QED) is 0.589. The van der Waals surface area contributed by atoms with E-state index >= 15 is 0 Å². The van der Waals surface area contributed by atoms with Gasteiger partial charge in [-0.15, -0.1) is 0 Å². The fourth-order valence-electron chi connectivity index (χ4n) is 1.72. The molecule has 0 heterocycles. The number of nitrogens with one attached hydrogen (secondary N) is 1. The summed E-state index contributed by atoms with van der Waals surface area (Å²) in [5.41, 5.74) is -1.02. The van der Waals surface area contributed by atoms with Crippen molar-refractivity contribution in [3.63, 3.8) is 0 Å². The molecule has 6 heteroatoms. The highest BCUT2D eigenvalue weighted by Crippen LogP contribution is 2.20. The van der Waals surface area contributed by atoms with E-state index in [4.69, 9.17) is 21.1 Å². The highest BCUT2D eigenvalue weighted by atomic mass is 35.5. The minimum atomic E-state index is -1.02. The number of benzene rings is 1. The lowest BCUT2D eigenvalue weighted by atomic mass is 10.1. The first kappa shape index (κ1) is 18.3. The SMILES string of the molecule is CCOC(=O)CCCNC(=O)C(C)(C)Oc1ccc(Cl)cc1. The minimum Gasteiger partial charge on any atom is -0.478 e. The zero-order valence-corrected chi connectivity index (χ0v) is 13.9. The van der Waals surface area contributed by atoms with Crippen LogP contribution in [0.25, 0.3) is 0 Å². The van der Waals surface area contributed by atoms with Crippen LogP contribution in [-0.4, -0.2) is 30.6 Å². The molecule has 0 atom stereocenters. The number of halogens is 1. The van der Waals surface area contributed by atoms with Crippen molar-refractivity contribution < 1.29 is 19.1 Å². The summed E-state index contributed by atoms with van der Waals surface area (Å²) in [7, 11) is 0. The van der Waals surface area contributed by atoms with Crippen LogP contribution in [-0.2, 0) is 14.3 Å². The van der Waals surface area contributed by atoms with Gasteiger partial charge in [-0.3, -0.25) is 9.59 Å². The van der Waals surface area contributed by atoms with Crippen LogP contribution in [0.5, 0.6) is 5.75 Å². The molecule has 22 heavy (non-hydrogen) atoms. The van der Waals surface area contributed by atoms with Crippen molar-refractivity contribution in [3.05, 3.63) is 29.3 Å². The van der Waals surface area contributed by atoms with Crippen LogP contribution in [0.4, 0.5) is 0 Å². The molecule has 0 aliphatic heterocycles. The van der Waals surface area contributed by atoms with E-state index in [1.165, 1.54) is 0 Å². The first-order chi connectivity index (χ1) is 10.3. The molecule has 0 radical (unpaired) electrons. The van der Waals surface area contributed by atoms with E-state index in [9.17, 15) is 9.59 Å². The van der Waals surface area contributed by atoms with Crippen LogP contribution < -0.4 is 10.1 Å². The molecule has 0 fully saturated rings. The van der Waals surface area contributed by atoms with Crippen molar-refractivity contribution >= 4 is 23.5 Å². The molecule has 1 N–H and O–H groups in total. The van der Waals surface area contributed by atoms with Gasteiger partial charge in [0, 0.05) is 18.0 Å². The first-order valence-corrected chi connectivity index (χ1v) is 7.61. The number of hydrogen-bond acceptors (Lipinski definition) is 4. The number of rotatable bonds is 8. The largest absolute Gasteiger partial charge is 0.478 e. The van der Waals surface area contributed by atoms with Gasteiger partial charge in [-0.2, -0.15) is 0 Å². The molecule has 0 spiro atoms. The van der Waals surface area contributed by atoms with Crippen molar-refractivity contribution in [2.45, 2.75) is 39.2 Å². The average Bonchev–Trinajstić information content (AvgIpc) is 2.46. The number of ether oxygens (including phenoxy) is 2. The van der Waals surface area contributed by atoms with Gasteiger partial charge in [0.25, 0.3) is 5.91 Å². The van der Waals surface area contributed by atoms with Crippen molar-refractivity contribution in [1.29, 1.82) is 0 Å². The third kappa shape index (κ3) is 6.35. The standard InChI is InChI=1S/C16H22ClNO4/c1-4-21-14(19)6-5-11-18-15(20)16(2,3)22-13-9-7-12(17)8-10-13/h7-10H,4-6,11H2,1-3H3,(H,18,20). The first-order valence-electron chi connectivity index (χ1n) is 7.23. The van der Waals surface area contributed by atoms with Crippen LogP contribution in [0, 0.1) is 0 Å². The molecule has 0 aliphatic carbocycles. The maximum absolute atomic E-state index is 12.1. The zero-order valence-electron chi connectivity index (χ0n) is 13.1. The van der Waals surface area contributed by atoms with E-state index in [2.05, 4.69) is 5.32 Å². The second kappa shape index (κ2) is 8.63. The van der Waals surface area contributed by atoms with Crippen LogP contribution in [0.15, 0.2) is 24.3 Å². The number of esters is 1. The second-order valence-corrected chi connectivity index (χ2v) is 5.67. The lowest BCUT2D eigenvalue weighted by Gasteiger charge is -2.25. The van der Waals surface area contributed by atoms with Crippen molar-refractivity contribution in [1.82, 2.24) is 5.32 Å². The van der Waals surface area contributed by atoms with Crippen LogP contribution in [0.1, 0.15) is 33.6 Å². The molecule has 0 aromatic heterocycles. The summed E-state index contributed by atoms with van der Waals surface area (Å²) in [5.74, 6) is 0.0656. The Labute approximate surface area is 135 Å². The zero-order chi connectivity index (χ0) is 16.6. The maximum Gasteiger partial charge on any atom is 0.305 e. The Bertz CT molecular complexity index is 499. The van der Waals surface area contributed by atoms with Gasteiger partial charge in [0.2, 0.25) is 0 Å². The molecule has 0 unspecified atom stereocenters. The molecule has 0 aliphatic rings. The van der Waals surface area contributed by atoms with Crippen molar-refractivity contribution in [3.8, 4) is 5.75 Å². The number of carbonyl (C=O) groups is 2. The van der Waals surface area contributed by atoms with E-state index in [0.29, 0.717) is 30.3 Å². The highest BCUT2D eigenvalue weighted by molar-refractivity contribution is 6.30. The summed E-state index contributed by atoms with van der Waals surface area (Å²) >= 11 is 5.81. The molecule has 1 amide bonds. The topological polar surface area (TPSA) is 64.6 Å². The second-order valence-electron chi connectivity index (χ2n) is 5.23. The van der Waals surface area contributed by atoms with Crippen molar-refractivity contribution in [2.75, 3.05) is 13.2 Å². The summed E-state index contributed by atoms with van der Waals surface area (Å²) in [6.07, 6.45) is 0.814. The summed E-state index contributed by atoms with van der Waals surface area (Å²) in [4.78, 5) is 23.3. The summed E-state index contributed by atoms with van der Waals surface area (Å²) < 4.78 is 10.5. The molecule has 0 saturated carbocycles. The fraction of sp³-hybridized carbons (Fsp3) is 0.500. The van der Waals surface area contributed by atoms with E-state index < -0.39 is 5.60 Å². The summed E-state index contributed by atoms with van der Waals surface area (Å²) in [6, 6.07) is 6.81. The lowest BCUT2D eigenvalue weighted by molar-refractivity contribution is -0.143. The van der Waals surface area contributed by atoms with Crippen molar-refractivity contribution in [2.24, 2.45) is 0 Å². The monoisotopic (exact) mass is 327 g/mol. The van der Waals surface area contributed by atoms with E-state index in [-0.39, 0.29) is 18.3 Å². The van der Waals surface area contributed by atoms with Gasteiger partial charge in [0.05, 0.1) is 6.61 Å². The van der Waals surface area contributed by atoms with Gasteiger partial charge in [-0.1, -0.05) is 11.6 Å².